The molecule has 0 saturated carbocycles. The number of hydrogen-bond donors (Lipinski definition) is 0. The maximum atomic E-state index is 5.51. The summed E-state index contributed by atoms with van der Waals surface area (Å²) in [5.74, 6) is 0. The molecule has 84 valence electrons. The van der Waals surface area contributed by atoms with Crippen LogP contribution in [-0.4, -0.2) is 56.1 Å². The van der Waals surface area contributed by atoms with E-state index in [-0.39, 0.29) is 6.10 Å². The summed E-state index contributed by atoms with van der Waals surface area (Å²) in [6, 6.07) is 0.635. The van der Waals surface area contributed by atoms with Crippen molar-refractivity contribution >= 4 is 8.80 Å². The zero-order valence-electron chi connectivity index (χ0n) is 8.95. The number of ether oxygens (including phenoxy) is 2. The van der Waals surface area contributed by atoms with E-state index in [2.05, 4.69) is 0 Å². The Hall–Kier alpha value is 0.0169. The van der Waals surface area contributed by atoms with Gasteiger partial charge in [0.2, 0.25) is 0 Å². The summed E-state index contributed by atoms with van der Waals surface area (Å²) in [4.78, 5) is 0. The molecule has 1 fully saturated rings. The fraction of sp³-hybridized carbons (Fsp3) is 1.00. The lowest BCUT2D eigenvalue weighted by molar-refractivity contribution is -0.0856. The maximum Gasteiger partial charge on any atom is 0.502 e. The lowest BCUT2D eigenvalue weighted by atomic mass is 10.4. The Kier molecular flexibility index (Phi) is 5.00. The highest BCUT2D eigenvalue weighted by molar-refractivity contribution is 6.60. The summed E-state index contributed by atoms with van der Waals surface area (Å²) in [7, 11) is 2.29. The van der Waals surface area contributed by atoms with E-state index in [4.69, 9.17) is 22.8 Å². The van der Waals surface area contributed by atoms with Crippen molar-refractivity contribution in [2.45, 2.75) is 12.1 Å². The number of rotatable bonds is 5. The average Bonchev–Trinajstić information content (AvgIpc) is 2.28. The van der Waals surface area contributed by atoms with Crippen molar-refractivity contribution < 1.29 is 22.8 Å². The van der Waals surface area contributed by atoms with Crippen LogP contribution in [-0.2, 0) is 22.8 Å². The quantitative estimate of drug-likeness (QED) is 0.625. The van der Waals surface area contributed by atoms with Gasteiger partial charge in [-0.2, -0.15) is 0 Å². The van der Waals surface area contributed by atoms with Gasteiger partial charge in [0, 0.05) is 27.4 Å². The molecule has 1 saturated heterocycles. The van der Waals surface area contributed by atoms with Crippen molar-refractivity contribution in [2.75, 3.05) is 41.2 Å². The summed E-state index contributed by atoms with van der Waals surface area (Å²) in [6.45, 7) is 1.88. The van der Waals surface area contributed by atoms with Gasteiger partial charge in [-0.3, -0.25) is 0 Å². The molecule has 1 unspecified atom stereocenters. The predicted molar refractivity (Wildman–Crippen MR) is 52.1 cm³/mol. The Labute approximate surface area is 85.6 Å². The van der Waals surface area contributed by atoms with Gasteiger partial charge in [-0.15, -0.1) is 0 Å². The van der Waals surface area contributed by atoms with E-state index in [1.807, 2.05) is 0 Å². The first kappa shape index (κ1) is 12.1. The van der Waals surface area contributed by atoms with E-state index in [1.54, 1.807) is 21.3 Å². The van der Waals surface area contributed by atoms with Gasteiger partial charge >= 0.3 is 8.80 Å². The predicted octanol–water partition coefficient (Wildman–Crippen LogP) is 0.280. The Morgan fingerprint density at radius 1 is 1.14 bits per heavy atom. The van der Waals surface area contributed by atoms with Gasteiger partial charge in [0.15, 0.2) is 0 Å². The van der Waals surface area contributed by atoms with Crippen LogP contribution in [0.25, 0.3) is 0 Å². The standard InChI is InChI=1S/C8H18O5Si/c1-9-14(10-2,11-3)7-8-6-12-4-5-13-8/h8H,4-7H2,1-3H3. The lowest BCUT2D eigenvalue weighted by Crippen LogP contribution is -2.48. The normalized spacial score (nSPS) is 23.8. The number of hydrogen-bond acceptors (Lipinski definition) is 5. The van der Waals surface area contributed by atoms with Crippen molar-refractivity contribution in [3.8, 4) is 0 Å². The van der Waals surface area contributed by atoms with Crippen LogP contribution in [0.5, 0.6) is 0 Å². The van der Waals surface area contributed by atoms with Crippen LogP contribution in [0.1, 0.15) is 0 Å². The average molecular weight is 222 g/mol. The highest BCUT2D eigenvalue weighted by Gasteiger charge is 2.41. The molecule has 6 heteroatoms. The lowest BCUT2D eigenvalue weighted by Gasteiger charge is -2.30. The van der Waals surface area contributed by atoms with E-state index in [1.165, 1.54) is 0 Å². The molecule has 1 aliphatic rings. The van der Waals surface area contributed by atoms with Gasteiger partial charge in [-0.1, -0.05) is 0 Å². The van der Waals surface area contributed by atoms with E-state index in [0.717, 1.165) is 0 Å². The summed E-state index contributed by atoms with van der Waals surface area (Å²) < 4.78 is 26.7. The molecular formula is C8H18O5Si. The fourth-order valence-corrected chi connectivity index (χ4v) is 3.23. The van der Waals surface area contributed by atoms with Crippen molar-refractivity contribution in [3.05, 3.63) is 0 Å². The highest BCUT2D eigenvalue weighted by Crippen LogP contribution is 2.18. The van der Waals surface area contributed by atoms with Gasteiger partial charge < -0.3 is 22.8 Å². The van der Waals surface area contributed by atoms with Crippen molar-refractivity contribution in [2.24, 2.45) is 0 Å². The summed E-state index contributed by atoms with van der Waals surface area (Å²) >= 11 is 0. The van der Waals surface area contributed by atoms with Gasteiger partial charge in [-0.25, -0.2) is 0 Å². The first-order valence-corrected chi connectivity index (χ1v) is 6.54. The molecule has 0 bridgehead atoms. The largest absolute Gasteiger partial charge is 0.502 e. The second kappa shape index (κ2) is 5.79. The van der Waals surface area contributed by atoms with Crippen LogP contribution in [0.15, 0.2) is 0 Å². The minimum atomic E-state index is -2.51. The SMILES string of the molecule is CO[Si](CC1COCCO1)(OC)OC. The zero-order valence-corrected chi connectivity index (χ0v) is 9.95. The van der Waals surface area contributed by atoms with Crippen LogP contribution < -0.4 is 0 Å². The topological polar surface area (TPSA) is 46.2 Å². The third-order valence-electron chi connectivity index (χ3n) is 2.30. The first-order valence-electron chi connectivity index (χ1n) is 4.61. The molecule has 1 heterocycles. The summed E-state index contributed by atoms with van der Waals surface area (Å²) in [5.41, 5.74) is 0. The third-order valence-corrected chi connectivity index (χ3v) is 5.12. The van der Waals surface area contributed by atoms with Crippen LogP contribution in [0.4, 0.5) is 0 Å². The zero-order chi connectivity index (χ0) is 10.4. The second-order valence-electron chi connectivity index (χ2n) is 3.07. The minimum absolute atomic E-state index is 0.0234. The molecule has 0 spiro atoms. The van der Waals surface area contributed by atoms with E-state index in [9.17, 15) is 0 Å². The molecule has 0 aliphatic carbocycles. The molecule has 0 radical (unpaired) electrons. The summed E-state index contributed by atoms with van der Waals surface area (Å²) in [5, 5.41) is 0. The monoisotopic (exact) mass is 222 g/mol. The van der Waals surface area contributed by atoms with Crippen LogP contribution in [0, 0.1) is 0 Å². The fourth-order valence-electron chi connectivity index (χ4n) is 1.43. The Morgan fingerprint density at radius 3 is 2.21 bits per heavy atom. The van der Waals surface area contributed by atoms with Crippen LogP contribution in [0.3, 0.4) is 0 Å². The summed E-state index contributed by atoms with van der Waals surface area (Å²) in [6.07, 6.45) is 0.0234. The molecule has 0 aromatic rings. The first-order chi connectivity index (χ1) is 6.76. The van der Waals surface area contributed by atoms with E-state index < -0.39 is 8.80 Å². The van der Waals surface area contributed by atoms with Crippen molar-refractivity contribution in [1.82, 2.24) is 0 Å². The smallest absolute Gasteiger partial charge is 0.377 e. The molecule has 0 aromatic heterocycles. The molecule has 1 rings (SSSR count). The maximum absolute atomic E-state index is 5.51. The molecule has 5 nitrogen and oxygen atoms in total. The molecular weight excluding hydrogens is 204 g/mol. The molecule has 0 N–H and O–H groups in total. The Balaban J connectivity index is 2.44. The second-order valence-corrected chi connectivity index (χ2v) is 6.07. The Bertz CT molecular complexity index is 148. The van der Waals surface area contributed by atoms with Gasteiger partial charge in [-0.05, 0) is 0 Å². The van der Waals surface area contributed by atoms with Gasteiger partial charge in [0.05, 0.1) is 25.9 Å². The molecule has 0 amide bonds. The van der Waals surface area contributed by atoms with Crippen molar-refractivity contribution in [1.29, 1.82) is 0 Å². The molecule has 1 atom stereocenters. The van der Waals surface area contributed by atoms with Crippen molar-refractivity contribution in [3.63, 3.8) is 0 Å². The van der Waals surface area contributed by atoms with E-state index >= 15 is 0 Å². The third kappa shape index (κ3) is 3.01. The highest BCUT2D eigenvalue weighted by atomic mass is 28.4. The molecule has 14 heavy (non-hydrogen) atoms. The van der Waals surface area contributed by atoms with Crippen LogP contribution >= 0.6 is 0 Å². The molecule has 0 aromatic carbocycles. The van der Waals surface area contributed by atoms with E-state index in [0.29, 0.717) is 25.9 Å². The Morgan fingerprint density at radius 2 is 1.79 bits per heavy atom. The van der Waals surface area contributed by atoms with Crippen LogP contribution in [0.2, 0.25) is 6.04 Å². The molecule has 1 aliphatic heterocycles. The van der Waals surface area contributed by atoms with Gasteiger partial charge in [0.25, 0.3) is 0 Å². The minimum Gasteiger partial charge on any atom is -0.377 e. The van der Waals surface area contributed by atoms with Gasteiger partial charge in [0.1, 0.15) is 0 Å².